The van der Waals surface area contributed by atoms with Gasteiger partial charge in [-0.25, -0.2) is 0 Å². The summed E-state index contributed by atoms with van der Waals surface area (Å²) in [5.74, 6) is 0.691. The smallest absolute Gasteiger partial charge is 0.237 e. The lowest BCUT2D eigenvalue weighted by Crippen LogP contribution is -2.44. The molecule has 0 radical (unpaired) electrons. The van der Waals surface area contributed by atoms with Crippen molar-refractivity contribution in [1.29, 1.82) is 0 Å². The molecule has 0 bridgehead atoms. The van der Waals surface area contributed by atoms with Crippen LogP contribution in [-0.2, 0) is 4.79 Å². The zero-order valence-electron chi connectivity index (χ0n) is 12.6. The molecule has 0 aliphatic carbocycles. The number of aliphatic hydroxyl groups excluding tert-OH is 1. The van der Waals surface area contributed by atoms with Gasteiger partial charge in [-0.3, -0.25) is 9.69 Å². The van der Waals surface area contributed by atoms with Gasteiger partial charge in [-0.05, 0) is 27.0 Å². The number of carbonyl (C=O) groups is 1. The van der Waals surface area contributed by atoms with E-state index in [1.54, 1.807) is 7.11 Å². The third-order valence-corrected chi connectivity index (χ3v) is 3.46. The summed E-state index contributed by atoms with van der Waals surface area (Å²) in [6.45, 7) is 4.25. The molecule has 0 saturated carbocycles. The van der Waals surface area contributed by atoms with E-state index in [-0.39, 0.29) is 24.6 Å². The van der Waals surface area contributed by atoms with Crippen LogP contribution in [0.5, 0.6) is 5.75 Å². The molecule has 2 unspecified atom stereocenters. The van der Waals surface area contributed by atoms with Crippen LogP contribution in [0.1, 0.15) is 25.5 Å². The third kappa shape index (κ3) is 4.21. The highest BCUT2D eigenvalue weighted by molar-refractivity contribution is 5.81. The second-order valence-corrected chi connectivity index (χ2v) is 4.85. The van der Waals surface area contributed by atoms with Crippen LogP contribution in [-0.4, -0.2) is 49.3 Å². The highest BCUT2D eigenvalue weighted by Crippen LogP contribution is 2.24. The second kappa shape index (κ2) is 7.87. The van der Waals surface area contributed by atoms with Crippen molar-refractivity contribution >= 4 is 5.91 Å². The van der Waals surface area contributed by atoms with E-state index in [9.17, 15) is 4.79 Å². The summed E-state index contributed by atoms with van der Waals surface area (Å²) in [7, 11) is 3.43. The molecule has 0 aliphatic heterocycles. The Bertz CT molecular complexity index is 437. The van der Waals surface area contributed by atoms with Crippen molar-refractivity contribution in [2.24, 2.45) is 0 Å². The van der Waals surface area contributed by atoms with Crippen molar-refractivity contribution in [1.82, 2.24) is 10.2 Å². The van der Waals surface area contributed by atoms with Crippen molar-refractivity contribution in [3.8, 4) is 5.75 Å². The van der Waals surface area contributed by atoms with Crippen LogP contribution >= 0.6 is 0 Å². The Labute approximate surface area is 120 Å². The van der Waals surface area contributed by atoms with E-state index in [0.29, 0.717) is 6.54 Å². The first-order valence-corrected chi connectivity index (χ1v) is 6.75. The summed E-state index contributed by atoms with van der Waals surface area (Å²) in [4.78, 5) is 14.0. The summed E-state index contributed by atoms with van der Waals surface area (Å²) >= 11 is 0. The van der Waals surface area contributed by atoms with Crippen molar-refractivity contribution in [2.75, 3.05) is 27.3 Å². The Morgan fingerprint density at radius 3 is 2.65 bits per heavy atom. The van der Waals surface area contributed by atoms with Crippen molar-refractivity contribution in [2.45, 2.75) is 25.9 Å². The first-order chi connectivity index (χ1) is 9.51. The Hall–Kier alpha value is -1.59. The van der Waals surface area contributed by atoms with E-state index < -0.39 is 0 Å². The fourth-order valence-electron chi connectivity index (χ4n) is 1.99. The summed E-state index contributed by atoms with van der Waals surface area (Å²) in [6.07, 6.45) is 0. The minimum atomic E-state index is -0.292. The standard InChI is InChI=1S/C15H24N2O3/c1-11(13-7-5-6-8-14(13)20-4)16-15(19)12(2)17(3)9-10-18/h5-8,11-12,18H,9-10H2,1-4H3,(H,16,19). The van der Waals surface area contributed by atoms with E-state index in [0.717, 1.165) is 11.3 Å². The topological polar surface area (TPSA) is 61.8 Å². The number of ether oxygens (including phenoxy) is 1. The van der Waals surface area contributed by atoms with Crippen LogP contribution in [0, 0.1) is 0 Å². The summed E-state index contributed by atoms with van der Waals surface area (Å²) < 4.78 is 5.30. The maximum atomic E-state index is 12.2. The van der Waals surface area contributed by atoms with Gasteiger partial charge in [-0.2, -0.15) is 0 Å². The van der Waals surface area contributed by atoms with Crippen LogP contribution in [0.25, 0.3) is 0 Å². The van der Waals surface area contributed by atoms with Crippen LogP contribution in [0.4, 0.5) is 0 Å². The number of rotatable bonds is 7. The van der Waals surface area contributed by atoms with Crippen LogP contribution in [0.15, 0.2) is 24.3 Å². The van der Waals surface area contributed by atoms with Crippen LogP contribution < -0.4 is 10.1 Å². The molecule has 1 amide bonds. The van der Waals surface area contributed by atoms with Gasteiger partial charge < -0.3 is 15.2 Å². The number of nitrogens with zero attached hydrogens (tertiary/aromatic N) is 1. The minimum Gasteiger partial charge on any atom is -0.496 e. The van der Waals surface area contributed by atoms with E-state index in [4.69, 9.17) is 9.84 Å². The molecule has 112 valence electrons. The van der Waals surface area contributed by atoms with Crippen molar-refractivity contribution in [3.05, 3.63) is 29.8 Å². The van der Waals surface area contributed by atoms with Crippen LogP contribution in [0.2, 0.25) is 0 Å². The zero-order valence-corrected chi connectivity index (χ0v) is 12.6. The molecule has 0 saturated heterocycles. The first-order valence-electron chi connectivity index (χ1n) is 6.75. The maximum absolute atomic E-state index is 12.2. The van der Waals surface area contributed by atoms with Gasteiger partial charge in [0.25, 0.3) is 0 Å². The molecular formula is C15H24N2O3. The maximum Gasteiger partial charge on any atom is 0.237 e. The molecule has 0 heterocycles. The molecule has 5 nitrogen and oxygen atoms in total. The number of benzene rings is 1. The molecule has 20 heavy (non-hydrogen) atoms. The zero-order chi connectivity index (χ0) is 15.1. The van der Waals surface area contributed by atoms with Gasteiger partial charge in [0.2, 0.25) is 5.91 Å². The molecule has 2 atom stereocenters. The van der Waals surface area contributed by atoms with Gasteiger partial charge >= 0.3 is 0 Å². The van der Waals surface area contributed by atoms with Gasteiger partial charge in [0, 0.05) is 12.1 Å². The molecule has 1 aromatic rings. The molecule has 0 aromatic heterocycles. The largest absolute Gasteiger partial charge is 0.496 e. The molecule has 0 fully saturated rings. The monoisotopic (exact) mass is 280 g/mol. The second-order valence-electron chi connectivity index (χ2n) is 4.85. The van der Waals surface area contributed by atoms with Crippen LogP contribution in [0.3, 0.4) is 0 Å². The minimum absolute atomic E-state index is 0.0379. The summed E-state index contributed by atoms with van der Waals surface area (Å²) in [5, 5.41) is 11.9. The van der Waals surface area contributed by atoms with Gasteiger partial charge in [0.15, 0.2) is 0 Å². The number of para-hydroxylation sites is 1. The van der Waals surface area contributed by atoms with E-state index >= 15 is 0 Å². The van der Waals surface area contributed by atoms with Crippen molar-refractivity contribution < 1.29 is 14.6 Å². The number of carbonyl (C=O) groups excluding carboxylic acids is 1. The molecule has 0 aliphatic rings. The quantitative estimate of drug-likeness (QED) is 0.787. The Kier molecular flexibility index (Phi) is 6.48. The lowest BCUT2D eigenvalue weighted by molar-refractivity contribution is -0.126. The number of nitrogens with one attached hydrogen (secondary N) is 1. The predicted octanol–water partition coefficient (Wildman–Crippen LogP) is 1.18. The van der Waals surface area contributed by atoms with E-state index in [2.05, 4.69) is 5.32 Å². The van der Waals surface area contributed by atoms with E-state index in [1.807, 2.05) is 50.1 Å². The molecule has 1 aromatic carbocycles. The lowest BCUT2D eigenvalue weighted by Gasteiger charge is -2.25. The predicted molar refractivity (Wildman–Crippen MR) is 78.7 cm³/mol. The Balaban J connectivity index is 2.70. The highest BCUT2D eigenvalue weighted by Gasteiger charge is 2.20. The van der Waals surface area contributed by atoms with Gasteiger partial charge in [-0.15, -0.1) is 0 Å². The normalized spacial score (nSPS) is 13.9. The molecule has 2 N–H and O–H groups in total. The van der Waals surface area contributed by atoms with Gasteiger partial charge in [0.1, 0.15) is 5.75 Å². The number of amides is 1. The average molecular weight is 280 g/mol. The third-order valence-electron chi connectivity index (χ3n) is 3.46. The van der Waals surface area contributed by atoms with E-state index in [1.165, 1.54) is 0 Å². The fraction of sp³-hybridized carbons (Fsp3) is 0.533. The SMILES string of the molecule is COc1ccccc1C(C)NC(=O)C(C)N(C)CCO. The summed E-state index contributed by atoms with van der Waals surface area (Å²) in [5.41, 5.74) is 0.945. The van der Waals surface area contributed by atoms with Crippen molar-refractivity contribution in [3.63, 3.8) is 0 Å². The average Bonchev–Trinajstić information content (AvgIpc) is 2.46. The number of aliphatic hydroxyl groups is 1. The highest BCUT2D eigenvalue weighted by atomic mass is 16.5. The number of hydrogen-bond acceptors (Lipinski definition) is 4. The number of hydrogen-bond donors (Lipinski definition) is 2. The Morgan fingerprint density at radius 2 is 2.05 bits per heavy atom. The number of likely N-dealkylation sites (N-methyl/N-ethyl adjacent to an activating group) is 1. The Morgan fingerprint density at radius 1 is 1.40 bits per heavy atom. The van der Waals surface area contributed by atoms with Gasteiger partial charge in [0.05, 0.1) is 25.8 Å². The lowest BCUT2D eigenvalue weighted by atomic mass is 10.1. The fourth-order valence-corrected chi connectivity index (χ4v) is 1.99. The molecular weight excluding hydrogens is 256 g/mol. The molecule has 5 heteroatoms. The summed E-state index contributed by atoms with van der Waals surface area (Å²) in [6, 6.07) is 7.20. The van der Waals surface area contributed by atoms with Gasteiger partial charge in [-0.1, -0.05) is 18.2 Å². The molecule has 0 spiro atoms. The molecule has 1 rings (SSSR count). The first kappa shape index (κ1) is 16.5. The number of methoxy groups -OCH3 is 1.